The highest BCUT2D eigenvalue weighted by molar-refractivity contribution is 9.10. The molecule has 20 heavy (non-hydrogen) atoms. The lowest BCUT2D eigenvalue weighted by molar-refractivity contribution is -0.123. The normalized spacial score (nSPS) is 10.1. The molecule has 3 N–H and O–H groups in total. The van der Waals surface area contributed by atoms with Gasteiger partial charge in [0.2, 0.25) is 0 Å². The lowest BCUT2D eigenvalue weighted by Crippen LogP contribution is -2.28. The fourth-order valence-electron chi connectivity index (χ4n) is 1.66. The number of carbonyl (C=O) groups is 1. The Bertz CT molecular complexity index is 567. The SMILES string of the molecule is Nc1cccc(Br)c1OCC(=O)NCc1ccccc1. The Morgan fingerprint density at radius 1 is 1.15 bits per heavy atom. The van der Waals surface area contributed by atoms with Crippen molar-refractivity contribution in [3.05, 3.63) is 58.6 Å². The second kappa shape index (κ2) is 6.96. The van der Waals surface area contributed by atoms with Crippen molar-refractivity contribution in [2.24, 2.45) is 0 Å². The van der Waals surface area contributed by atoms with Gasteiger partial charge >= 0.3 is 0 Å². The molecule has 104 valence electrons. The predicted octanol–water partition coefficient (Wildman–Crippen LogP) is 2.73. The first-order valence-electron chi connectivity index (χ1n) is 6.14. The van der Waals surface area contributed by atoms with Gasteiger partial charge in [0.25, 0.3) is 5.91 Å². The minimum atomic E-state index is -0.191. The maximum Gasteiger partial charge on any atom is 0.258 e. The highest BCUT2D eigenvalue weighted by Crippen LogP contribution is 2.30. The van der Waals surface area contributed by atoms with Crippen LogP contribution in [0, 0.1) is 0 Å². The van der Waals surface area contributed by atoms with E-state index in [1.165, 1.54) is 0 Å². The van der Waals surface area contributed by atoms with Crippen molar-refractivity contribution in [3.8, 4) is 5.75 Å². The molecule has 4 nitrogen and oxygen atoms in total. The molecule has 0 aliphatic carbocycles. The van der Waals surface area contributed by atoms with Crippen LogP contribution in [0.15, 0.2) is 53.0 Å². The van der Waals surface area contributed by atoms with E-state index >= 15 is 0 Å². The molecule has 5 heteroatoms. The monoisotopic (exact) mass is 334 g/mol. The lowest BCUT2D eigenvalue weighted by Gasteiger charge is -2.11. The molecule has 0 fully saturated rings. The molecule has 0 aliphatic rings. The van der Waals surface area contributed by atoms with Crippen LogP contribution in [0.4, 0.5) is 5.69 Å². The lowest BCUT2D eigenvalue weighted by atomic mass is 10.2. The standard InChI is InChI=1S/C15H15BrN2O2/c16-12-7-4-8-13(17)15(12)20-10-14(19)18-9-11-5-2-1-3-6-11/h1-8H,9-10,17H2,(H,18,19). The molecule has 0 atom stereocenters. The molecule has 0 saturated carbocycles. The molecule has 0 aromatic heterocycles. The summed E-state index contributed by atoms with van der Waals surface area (Å²) < 4.78 is 6.16. The van der Waals surface area contributed by atoms with E-state index < -0.39 is 0 Å². The van der Waals surface area contributed by atoms with Gasteiger partial charge in [0.05, 0.1) is 10.2 Å². The summed E-state index contributed by atoms with van der Waals surface area (Å²) in [5, 5.41) is 2.79. The summed E-state index contributed by atoms with van der Waals surface area (Å²) in [5.74, 6) is 0.298. The van der Waals surface area contributed by atoms with Gasteiger partial charge < -0.3 is 15.8 Å². The fraction of sp³-hybridized carbons (Fsp3) is 0.133. The summed E-state index contributed by atoms with van der Waals surface area (Å²) >= 11 is 3.34. The number of rotatable bonds is 5. The number of amides is 1. The molecular weight excluding hydrogens is 320 g/mol. The maximum atomic E-state index is 11.7. The summed E-state index contributed by atoms with van der Waals surface area (Å²) in [6.07, 6.45) is 0. The average molecular weight is 335 g/mol. The van der Waals surface area contributed by atoms with Crippen LogP contribution in [0.3, 0.4) is 0 Å². The van der Waals surface area contributed by atoms with Crippen LogP contribution in [-0.2, 0) is 11.3 Å². The minimum absolute atomic E-state index is 0.0698. The molecule has 0 unspecified atom stereocenters. The van der Waals surface area contributed by atoms with E-state index in [-0.39, 0.29) is 12.5 Å². The highest BCUT2D eigenvalue weighted by atomic mass is 79.9. The molecule has 0 heterocycles. The third-order valence-electron chi connectivity index (χ3n) is 2.68. The summed E-state index contributed by atoms with van der Waals surface area (Å²) in [4.78, 5) is 11.7. The Hall–Kier alpha value is -2.01. The van der Waals surface area contributed by atoms with Gasteiger partial charge in [-0.05, 0) is 33.6 Å². The molecule has 2 aromatic rings. The van der Waals surface area contributed by atoms with E-state index in [1.807, 2.05) is 42.5 Å². The number of benzene rings is 2. The summed E-state index contributed by atoms with van der Waals surface area (Å²) in [6, 6.07) is 15.0. The molecule has 0 saturated heterocycles. The third-order valence-corrected chi connectivity index (χ3v) is 3.30. The number of carbonyl (C=O) groups excluding carboxylic acids is 1. The van der Waals surface area contributed by atoms with Gasteiger partial charge in [-0.1, -0.05) is 36.4 Å². The van der Waals surface area contributed by atoms with Crippen LogP contribution in [0.25, 0.3) is 0 Å². The second-order valence-corrected chi connectivity index (χ2v) is 5.06. The molecule has 0 aliphatic heterocycles. The molecular formula is C15H15BrN2O2. The van der Waals surface area contributed by atoms with Gasteiger partial charge in [-0.15, -0.1) is 0 Å². The van der Waals surface area contributed by atoms with Crippen molar-refractivity contribution < 1.29 is 9.53 Å². The summed E-state index contributed by atoms with van der Waals surface area (Å²) in [6.45, 7) is 0.411. The van der Waals surface area contributed by atoms with Crippen molar-refractivity contribution in [1.82, 2.24) is 5.32 Å². The predicted molar refractivity (Wildman–Crippen MR) is 82.3 cm³/mol. The highest BCUT2D eigenvalue weighted by Gasteiger charge is 2.08. The van der Waals surface area contributed by atoms with Gasteiger partial charge in [0, 0.05) is 6.54 Å². The number of nitrogens with one attached hydrogen (secondary N) is 1. The van der Waals surface area contributed by atoms with Gasteiger partial charge in [-0.25, -0.2) is 0 Å². The molecule has 0 spiro atoms. The Balaban J connectivity index is 1.84. The first kappa shape index (κ1) is 14.4. The Morgan fingerprint density at radius 2 is 1.90 bits per heavy atom. The van der Waals surface area contributed by atoms with Gasteiger partial charge in [-0.3, -0.25) is 4.79 Å². The van der Waals surface area contributed by atoms with Gasteiger partial charge in [-0.2, -0.15) is 0 Å². The van der Waals surface area contributed by atoms with E-state index in [9.17, 15) is 4.79 Å². The first-order chi connectivity index (χ1) is 9.66. The van der Waals surface area contributed by atoms with Crippen LogP contribution < -0.4 is 15.8 Å². The number of ether oxygens (including phenoxy) is 1. The number of hydrogen-bond acceptors (Lipinski definition) is 3. The number of anilines is 1. The van der Waals surface area contributed by atoms with Crippen molar-refractivity contribution in [3.63, 3.8) is 0 Å². The molecule has 2 rings (SSSR count). The van der Waals surface area contributed by atoms with Gasteiger partial charge in [0.15, 0.2) is 12.4 Å². The minimum Gasteiger partial charge on any atom is -0.480 e. The van der Waals surface area contributed by atoms with Crippen molar-refractivity contribution >= 4 is 27.5 Å². The van der Waals surface area contributed by atoms with Crippen LogP contribution >= 0.6 is 15.9 Å². The van der Waals surface area contributed by atoms with E-state index in [0.717, 1.165) is 10.0 Å². The van der Waals surface area contributed by atoms with Crippen LogP contribution in [0.2, 0.25) is 0 Å². The van der Waals surface area contributed by atoms with Crippen LogP contribution in [0.1, 0.15) is 5.56 Å². The molecule has 2 aromatic carbocycles. The van der Waals surface area contributed by atoms with Gasteiger partial charge in [0.1, 0.15) is 0 Å². The first-order valence-corrected chi connectivity index (χ1v) is 6.93. The number of nitrogen functional groups attached to an aromatic ring is 1. The largest absolute Gasteiger partial charge is 0.480 e. The quantitative estimate of drug-likeness (QED) is 0.826. The summed E-state index contributed by atoms with van der Waals surface area (Å²) in [7, 11) is 0. The molecule has 1 amide bonds. The smallest absolute Gasteiger partial charge is 0.258 e. The van der Waals surface area contributed by atoms with Crippen molar-refractivity contribution in [2.75, 3.05) is 12.3 Å². The van der Waals surface area contributed by atoms with Crippen molar-refractivity contribution in [2.45, 2.75) is 6.54 Å². The van der Waals surface area contributed by atoms with E-state index in [0.29, 0.717) is 18.0 Å². The van der Waals surface area contributed by atoms with E-state index in [2.05, 4.69) is 21.2 Å². The number of para-hydroxylation sites is 1. The zero-order chi connectivity index (χ0) is 14.4. The number of halogens is 1. The van der Waals surface area contributed by atoms with Crippen LogP contribution in [0.5, 0.6) is 5.75 Å². The Morgan fingerprint density at radius 3 is 2.60 bits per heavy atom. The number of hydrogen-bond donors (Lipinski definition) is 2. The zero-order valence-corrected chi connectivity index (χ0v) is 12.4. The Labute approximate surface area is 126 Å². The molecule has 0 bridgehead atoms. The van der Waals surface area contributed by atoms with E-state index in [4.69, 9.17) is 10.5 Å². The van der Waals surface area contributed by atoms with Crippen molar-refractivity contribution in [1.29, 1.82) is 0 Å². The summed E-state index contributed by atoms with van der Waals surface area (Å²) in [5.41, 5.74) is 7.32. The topological polar surface area (TPSA) is 64.3 Å². The Kier molecular flexibility index (Phi) is 5.01. The average Bonchev–Trinajstić information content (AvgIpc) is 2.46. The van der Waals surface area contributed by atoms with E-state index in [1.54, 1.807) is 6.07 Å². The third kappa shape index (κ3) is 3.99. The number of nitrogens with two attached hydrogens (primary N) is 1. The fourth-order valence-corrected chi connectivity index (χ4v) is 2.16. The van der Waals surface area contributed by atoms with Crippen LogP contribution in [-0.4, -0.2) is 12.5 Å². The maximum absolute atomic E-state index is 11.7. The molecule has 0 radical (unpaired) electrons. The second-order valence-electron chi connectivity index (χ2n) is 4.21. The zero-order valence-electron chi connectivity index (χ0n) is 10.8.